The molecule has 118 valence electrons. The van der Waals surface area contributed by atoms with Gasteiger partial charge in [0.15, 0.2) is 0 Å². The molecule has 0 aromatic heterocycles. The summed E-state index contributed by atoms with van der Waals surface area (Å²) in [6.07, 6.45) is 5.53. The number of hydrogen-bond donors (Lipinski definition) is 1. The lowest BCUT2D eigenvalue weighted by Gasteiger charge is -2.37. The van der Waals surface area contributed by atoms with Gasteiger partial charge >= 0.3 is 0 Å². The highest BCUT2D eigenvalue weighted by atomic mass is 19.1. The monoisotopic (exact) mass is 293 g/mol. The molecule has 0 radical (unpaired) electrons. The predicted octanol–water partition coefficient (Wildman–Crippen LogP) is 4.59. The maximum absolute atomic E-state index is 13.1. The third-order valence-electron chi connectivity index (χ3n) is 4.68. The van der Waals surface area contributed by atoms with Gasteiger partial charge in [0.1, 0.15) is 5.82 Å². The summed E-state index contributed by atoms with van der Waals surface area (Å²) in [5.41, 5.74) is 7.65. The molecule has 1 aromatic carbocycles. The highest BCUT2D eigenvalue weighted by Gasteiger charge is 2.30. The Morgan fingerprint density at radius 2 is 1.81 bits per heavy atom. The van der Waals surface area contributed by atoms with Crippen LogP contribution in [0.4, 0.5) is 4.39 Å². The molecule has 0 spiro atoms. The number of hydrogen-bond acceptors (Lipinski definition) is 2. The first-order valence-electron chi connectivity index (χ1n) is 8.08. The van der Waals surface area contributed by atoms with E-state index in [0.29, 0.717) is 5.41 Å². The fourth-order valence-electron chi connectivity index (χ4n) is 3.01. The van der Waals surface area contributed by atoms with E-state index in [-0.39, 0.29) is 24.1 Å². The van der Waals surface area contributed by atoms with Crippen LogP contribution in [0.1, 0.15) is 64.5 Å². The van der Waals surface area contributed by atoms with Gasteiger partial charge in [0.05, 0.1) is 12.2 Å². The van der Waals surface area contributed by atoms with Crippen molar-refractivity contribution in [2.75, 3.05) is 0 Å². The SMILES string of the molecule is CCC(N)C(OC1CCC(C)(C)CC1)c1ccc(F)cc1. The van der Waals surface area contributed by atoms with E-state index in [1.807, 2.05) is 0 Å². The number of benzene rings is 1. The Morgan fingerprint density at radius 3 is 2.33 bits per heavy atom. The van der Waals surface area contributed by atoms with Crippen LogP contribution in [0.3, 0.4) is 0 Å². The Balaban J connectivity index is 2.05. The Bertz CT molecular complexity index is 433. The molecule has 2 rings (SSSR count). The summed E-state index contributed by atoms with van der Waals surface area (Å²) in [6.45, 7) is 6.70. The normalized spacial score (nSPS) is 22.0. The van der Waals surface area contributed by atoms with Crippen molar-refractivity contribution >= 4 is 0 Å². The summed E-state index contributed by atoms with van der Waals surface area (Å²) in [7, 11) is 0. The van der Waals surface area contributed by atoms with Gasteiger partial charge in [-0.15, -0.1) is 0 Å². The van der Waals surface area contributed by atoms with Crippen LogP contribution in [0.25, 0.3) is 0 Å². The maximum Gasteiger partial charge on any atom is 0.123 e. The zero-order valence-corrected chi connectivity index (χ0v) is 13.4. The summed E-state index contributed by atoms with van der Waals surface area (Å²) in [6, 6.07) is 6.51. The van der Waals surface area contributed by atoms with E-state index in [9.17, 15) is 4.39 Å². The topological polar surface area (TPSA) is 35.2 Å². The number of rotatable bonds is 5. The minimum absolute atomic E-state index is 0.0506. The average molecular weight is 293 g/mol. The smallest absolute Gasteiger partial charge is 0.123 e. The molecule has 3 heteroatoms. The van der Waals surface area contributed by atoms with Gasteiger partial charge in [-0.05, 0) is 55.2 Å². The Hall–Kier alpha value is -0.930. The molecule has 2 N–H and O–H groups in total. The van der Waals surface area contributed by atoms with E-state index >= 15 is 0 Å². The van der Waals surface area contributed by atoms with Crippen LogP contribution in [0.5, 0.6) is 0 Å². The lowest BCUT2D eigenvalue weighted by atomic mass is 9.76. The second-order valence-corrected chi connectivity index (χ2v) is 7.04. The van der Waals surface area contributed by atoms with Crippen LogP contribution in [-0.2, 0) is 4.74 Å². The molecule has 1 saturated carbocycles. The third-order valence-corrected chi connectivity index (χ3v) is 4.68. The molecule has 0 heterocycles. The Kier molecular flexibility index (Phi) is 5.39. The molecule has 2 unspecified atom stereocenters. The molecule has 2 nitrogen and oxygen atoms in total. The Morgan fingerprint density at radius 1 is 1.24 bits per heavy atom. The van der Waals surface area contributed by atoms with Crippen LogP contribution >= 0.6 is 0 Å². The van der Waals surface area contributed by atoms with E-state index < -0.39 is 0 Å². The first-order chi connectivity index (χ1) is 9.91. The highest BCUT2D eigenvalue weighted by molar-refractivity contribution is 5.20. The van der Waals surface area contributed by atoms with Gasteiger partial charge in [0.25, 0.3) is 0 Å². The third kappa shape index (κ3) is 4.52. The first kappa shape index (κ1) is 16.4. The summed E-state index contributed by atoms with van der Waals surface area (Å²) in [5, 5.41) is 0. The molecule has 1 fully saturated rings. The van der Waals surface area contributed by atoms with Gasteiger partial charge in [-0.25, -0.2) is 4.39 Å². The second-order valence-electron chi connectivity index (χ2n) is 7.04. The summed E-state index contributed by atoms with van der Waals surface area (Å²) in [4.78, 5) is 0. The molecular formula is C18H28FNO. The van der Waals surface area contributed by atoms with E-state index in [1.165, 1.54) is 25.0 Å². The van der Waals surface area contributed by atoms with Crippen LogP contribution < -0.4 is 5.73 Å². The van der Waals surface area contributed by atoms with Gasteiger partial charge in [0.2, 0.25) is 0 Å². The fourth-order valence-corrected chi connectivity index (χ4v) is 3.01. The fraction of sp³-hybridized carbons (Fsp3) is 0.667. The molecule has 0 bridgehead atoms. The number of nitrogens with two attached hydrogens (primary N) is 1. The quantitative estimate of drug-likeness (QED) is 0.861. The summed E-state index contributed by atoms with van der Waals surface area (Å²) >= 11 is 0. The van der Waals surface area contributed by atoms with E-state index in [0.717, 1.165) is 24.8 Å². The largest absolute Gasteiger partial charge is 0.369 e. The number of ether oxygens (including phenoxy) is 1. The lowest BCUT2D eigenvalue weighted by molar-refractivity contribution is -0.0575. The Labute approximate surface area is 127 Å². The zero-order valence-electron chi connectivity index (χ0n) is 13.4. The van der Waals surface area contributed by atoms with Crippen molar-refractivity contribution in [3.63, 3.8) is 0 Å². The van der Waals surface area contributed by atoms with Gasteiger partial charge in [0, 0.05) is 6.04 Å². The molecule has 1 aromatic rings. The van der Waals surface area contributed by atoms with Gasteiger partial charge < -0.3 is 10.5 Å². The maximum atomic E-state index is 13.1. The van der Waals surface area contributed by atoms with Crippen LogP contribution in [-0.4, -0.2) is 12.1 Å². The van der Waals surface area contributed by atoms with Crippen molar-refractivity contribution in [3.05, 3.63) is 35.6 Å². The van der Waals surface area contributed by atoms with Gasteiger partial charge in [-0.1, -0.05) is 32.9 Å². The molecule has 0 aliphatic heterocycles. The molecular weight excluding hydrogens is 265 g/mol. The van der Waals surface area contributed by atoms with Crippen molar-refractivity contribution in [2.45, 2.75) is 71.1 Å². The summed E-state index contributed by atoms with van der Waals surface area (Å²) in [5.74, 6) is -0.220. The van der Waals surface area contributed by atoms with Crippen LogP contribution in [0, 0.1) is 11.2 Å². The van der Waals surface area contributed by atoms with Crippen molar-refractivity contribution in [2.24, 2.45) is 11.1 Å². The molecule has 2 atom stereocenters. The van der Waals surface area contributed by atoms with E-state index in [1.54, 1.807) is 12.1 Å². The van der Waals surface area contributed by atoms with E-state index in [2.05, 4.69) is 20.8 Å². The van der Waals surface area contributed by atoms with E-state index in [4.69, 9.17) is 10.5 Å². The molecule has 0 amide bonds. The standard InChI is InChI=1S/C18H28FNO/c1-4-16(20)17(13-5-7-14(19)8-6-13)21-15-9-11-18(2,3)12-10-15/h5-8,15-17H,4,9-12,20H2,1-3H3. The number of halogens is 1. The van der Waals surface area contributed by atoms with Gasteiger partial charge in [-0.3, -0.25) is 0 Å². The lowest BCUT2D eigenvalue weighted by Crippen LogP contribution is -2.35. The van der Waals surface area contributed by atoms with Crippen LogP contribution in [0.2, 0.25) is 0 Å². The minimum Gasteiger partial charge on any atom is -0.369 e. The van der Waals surface area contributed by atoms with Crippen molar-refractivity contribution < 1.29 is 9.13 Å². The first-order valence-corrected chi connectivity index (χ1v) is 8.08. The predicted molar refractivity (Wildman–Crippen MR) is 84.5 cm³/mol. The summed E-state index contributed by atoms with van der Waals surface area (Å²) < 4.78 is 19.4. The molecule has 0 saturated heterocycles. The van der Waals surface area contributed by atoms with Crippen molar-refractivity contribution in [1.29, 1.82) is 0 Å². The van der Waals surface area contributed by atoms with Crippen molar-refractivity contribution in [1.82, 2.24) is 0 Å². The zero-order chi connectivity index (χ0) is 15.5. The highest BCUT2D eigenvalue weighted by Crippen LogP contribution is 2.38. The average Bonchev–Trinajstić information content (AvgIpc) is 2.46. The molecule has 1 aliphatic carbocycles. The molecule has 21 heavy (non-hydrogen) atoms. The molecule has 1 aliphatic rings. The van der Waals surface area contributed by atoms with Crippen molar-refractivity contribution in [3.8, 4) is 0 Å². The van der Waals surface area contributed by atoms with Crippen LogP contribution in [0.15, 0.2) is 24.3 Å². The second kappa shape index (κ2) is 6.89. The van der Waals surface area contributed by atoms with Gasteiger partial charge in [-0.2, -0.15) is 0 Å². The minimum atomic E-state index is -0.220.